The van der Waals surface area contributed by atoms with Crippen molar-refractivity contribution in [1.82, 2.24) is 0 Å². The molecule has 0 saturated heterocycles. The van der Waals surface area contributed by atoms with E-state index in [0.717, 1.165) is 32.1 Å². The number of allylic oxidation sites excluding steroid dienone is 4. The smallest absolute Gasteiger partial charge is 0.338 e. The summed E-state index contributed by atoms with van der Waals surface area (Å²) in [6.07, 6.45) is 13.9. The fraction of sp³-hybridized carbons (Fsp3) is 0.645. The van der Waals surface area contributed by atoms with Crippen molar-refractivity contribution in [2.75, 3.05) is 6.61 Å². The molecule has 0 spiro atoms. The quantitative estimate of drug-likeness (QED) is 0.452. The van der Waals surface area contributed by atoms with Crippen LogP contribution in [0.4, 0.5) is 0 Å². The van der Waals surface area contributed by atoms with E-state index < -0.39 is 0 Å². The first kappa shape index (κ1) is 23.9. The van der Waals surface area contributed by atoms with E-state index in [9.17, 15) is 9.90 Å². The van der Waals surface area contributed by atoms with Gasteiger partial charge in [0.15, 0.2) is 0 Å². The van der Waals surface area contributed by atoms with Gasteiger partial charge in [-0.05, 0) is 116 Å². The first-order chi connectivity index (χ1) is 16.4. The highest BCUT2D eigenvalue weighted by molar-refractivity contribution is 5.89. The zero-order valence-electron chi connectivity index (χ0n) is 21.3. The second-order valence-corrected chi connectivity index (χ2v) is 12.0. The highest BCUT2D eigenvalue weighted by Crippen LogP contribution is 2.64. The van der Waals surface area contributed by atoms with E-state index >= 15 is 0 Å². The Kier molecular flexibility index (Phi) is 6.52. The van der Waals surface area contributed by atoms with E-state index in [1.54, 1.807) is 16.7 Å². The van der Waals surface area contributed by atoms with Crippen molar-refractivity contribution in [3.63, 3.8) is 0 Å². The number of carbonyl (C=O) groups is 1. The van der Waals surface area contributed by atoms with Crippen molar-refractivity contribution in [2.24, 2.45) is 28.6 Å². The lowest BCUT2D eigenvalue weighted by molar-refractivity contribution is -0.0124. The molecular weight excluding hydrogens is 420 g/mol. The Hall–Kier alpha value is -1.87. The van der Waals surface area contributed by atoms with Gasteiger partial charge in [-0.3, -0.25) is 0 Å². The molecule has 0 amide bonds. The van der Waals surface area contributed by atoms with Crippen LogP contribution >= 0.6 is 0 Å². The monoisotopic (exact) mass is 462 g/mol. The van der Waals surface area contributed by atoms with Crippen LogP contribution < -0.4 is 0 Å². The van der Waals surface area contributed by atoms with Crippen LogP contribution in [-0.2, 0) is 4.74 Å². The van der Waals surface area contributed by atoms with Crippen LogP contribution in [0.15, 0.2) is 53.1 Å². The maximum Gasteiger partial charge on any atom is 0.338 e. The number of fused-ring (bicyclic) bond motifs is 4. The molecule has 1 aromatic carbocycles. The first-order valence-corrected chi connectivity index (χ1v) is 13.7. The van der Waals surface area contributed by atoms with E-state index in [2.05, 4.69) is 26.8 Å². The molecule has 34 heavy (non-hydrogen) atoms. The number of ether oxygens (including phenoxy) is 1. The van der Waals surface area contributed by atoms with Crippen molar-refractivity contribution in [3.05, 3.63) is 58.7 Å². The van der Waals surface area contributed by atoms with Gasteiger partial charge in [0.05, 0.1) is 5.56 Å². The molecule has 0 unspecified atom stereocenters. The van der Waals surface area contributed by atoms with E-state index in [4.69, 9.17) is 4.74 Å². The van der Waals surface area contributed by atoms with E-state index in [-0.39, 0.29) is 17.5 Å². The highest BCUT2D eigenvalue weighted by atomic mass is 16.5. The Labute approximate surface area is 205 Å². The summed E-state index contributed by atoms with van der Waals surface area (Å²) in [6, 6.07) is 9.42. The average molecular weight is 463 g/mol. The normalized spacial score (nSPS) is 35.6. The Balaban J connectivity index is 1.31. The number of aliphatic hydroxyl groups is 1. The van der Waals surface area contributed by atoms with Gasteiger partial charge in [0.25, 0.3) is 0 Å². The van der Waals surface area contributed by atoms with E-state index in [0.29, 0.717) is 35.3 Å². The molecule has 1 saturated carbocycles. The molecular formula is C31H42O3. The summed E-state index contributed by atoms with van der Waals surface area (Å²) in [5.41, 5.74) is 6.33. The maximum atomic E-state index is 12.6. The van der Waals surface area contributed by atoms with Gasteiger partial charge < -0.3 is 9.84 Å². The molecule has 4 aliphatic rings. The third kappa shape index (κ3) is 3.98. The number of rotatable bonds is 6. The first-order valence-electron chi connectivity index (χ1n) is 13.7. The maximum absolute atomic E-state index is 12.6. The Bertz CT molecular complexity index is 976. The molecule has 1 aromatic rings. The number of aliphatic hydroxyl groups excluding tert-OH is 1. The van der Waals surface area contributed by atoms with Gasteiger partial charge >= 0.3 is 5.97 Å². The molecule has 5 rings (SSSR count). The second-order valence-electron chi connectivity index (χ2n) is 12.0. The Morgan fingerprint density at radius 2 is 1.91 bits per heavy atom. The van der Waals surface area contributed by atoms with Crippen LogP contribution in [0.2, 0.25) is 0 Å². The number of benzene rings is 1. The Morgan fingerprint density at radius 3 is 2.68 bits per heavy atom. The molecule has 0 aromatic heterocycles. The Morgan fingerprint density at radius 1 is 1.12 bits per heavy atom. The lowest BCUT2D eigenvalue weighted by Crippen LogP contribution is -2.44. The van der Waals surface area contributed by atoms with Crippen LogP contribution in [0.25, 0.3) is 0 Å². The van der Waals surface area contributed by atoms with Crippen molar-refractivity contribution in [3.8, 4) is 0 Å². The zero-order valence-corrected chi connectivity index (χ0v) is 21.3. The summed E-state index contributed by atoms with van der Waals surface area (Å²) in [7, 11) is 0. The molecule has 184 valence electrons. The van der Waals surface area contributed by atoms with Gasteiger partial charge in [0.1, 0.15) is 6.10 Å². The minimum absolute atomic E-state index is 0.0456. The molecule has 0 heterocycles. The van der Waals surface area contributed by atoms with Crippen LogP contribution in [0.3, 0.4) is 0 Å². The van der Waals surface area contributed by atoms with Crippen LogP contribution in [0, 0.1) is 28.6 Å². The van der Waals surface area contributed by atoms with E-state index in [1.165, 1.54) is 32.1 Å². The van der Waals surface area contributed by atoms with Crippen LogP contribution in [-0.4, -0.2) is 23.8 Å². The molecule has 6 atom stereocenters. The largest absolute Gasteiger partial charge is 0.459 e. The summed E-state index contributed by atoms with van der Waals surface area (Å²) < 4.78 is 5.98. The topological polar surface area (TPSA) is 46.5 Å². The standard InChI is InChI=1S/C31H42O3/c1-21(8-7-19-32)26-13-14-27-25-12-11-23-20-24(34-29(33)22-9-5-4-6-10-22)15-17-30(23,2)28(25)16-18-31(26,27)3/h4-6,9-10,14,21,23-24,26,32H,7-8,11-13,15-20H2,1-3H3/t21-,23+,24+,26-,30+,31-/m1/s1. The van der Waals surface area contributed by atoms with E-state index in [1.807, 2.05) is 30.3 Å². The summed E-state index contributed by atoms with van der Waals surface area (Å²) in [6.45, 7) is 7.76. The number of carbonyl (C=O) groups excluding carboxylic acids is 1. The third-order valence-electron chi connectivity index (χ3n) is 10.2. The summed E-state index contributed by atoms with van der Waals surface area (Å²) in [4.78, 5) is 12.6. The lowest BCUT2D eigenvalue weighted by Gasteiger charge is -2.54. The highest BCUT2D eigenvalue weighted by Gasteiger charge is 2.53. The van der Waals surface area contributed by atoms with Crippen LogP contribution in [0.1, 0.15) is 95.3 Å². The molecule has 3 heteroatoms. The van der Waals surface area contributed by atoms with Crippen molar-refractivity contribution in [1.29, 1.82) is 0 Å². The molecule has 1 N–H and O–H groups in total. The van der Waals surface area contributed by atoms with Crippen LogP contribution in [0.5, 0.6) is 0 Å². The third-order valence-corrected chi connectivity index (χ3v) is 10.2. The number of hydrogen-bond acceptors (Lipinski definition) is 3. The van der Waals surface area contributed by atoms with Crippen molar-refractivity contribution >= 4 is 5.97 Å². The fourth-order valence-corrected chi connectivity index (χ4v) is 8.23. The van der Waals surface area contributed by atoms with Crippen molar-refractivity contribution < 1.29 is 14.6 Å². The molecule has 0 radical (unpaired) electrons. The predicted octanol–water partition coefficient (Wildman–Crippen LogP) is 7.26. The molecule has 0 bridgehead atoms. The van der Waals surface area contributed by atoms with Gasteiger partial charge in [-0.25, -0.2) is 4.79 Å². The fourth-order valence-electron chi connectivity index (χ4n) is 8.23. The van der Waals surface area contributed by atoms with Gasteiger partial charge in [0, 0.05) is 6.61 Å². The second kappa shape index (κ2) is 9.30. The minimum atomic E-state index is -0.171. The number of hydrogen-bond donors (Lipinski definition) is 1. The summed E-state index contributed by atoms with van der Waals surface area (Å²) in [5.74, 6) is 1.81. The van der Waals surface area contributed by atoms with Gasteiger partial charge in [-0.15, -0.1) is 0 Å². The molecule has 3 nitrogen and oxygen atoms in total. The molecule has 0 aliphatic heterocycles. The summed E-state index contributed by atoms with van der Waals surface area (Å²) >= 11 is 0. The summed E-state index contributed by atoms with van der Waals surface area (Å²) in [5, 5.41) is 9.32. The number of esters is 1. The SMILES string of the molecule is C[C@H](CCCO)[C@H]1CC=C2C3=C(CC[C@@]21C)[C@@]1(C)CC[C@H](OC(=O)c2ccccc2)C[C@@H]1CC3. The average Bonchev–Trinajstić information content (AvgIpc) is 3.20. The lowest BCUT2D eigenvalue weighted by atomic mass is 9.51. The predicted molar refractivity (Wildman–Crippen MR) is 136 cm³/mol. The molecule has 1 fully saturated rings. The van der Waals surface area contributed by atoms with Gasteiger partial charge in [0.2, 0.25) is 0 Å². The zero-order chi connectivity index (χ0) is 23.9. The van der Waals surface area contributed by atoms with Crippen molar-refractivity contribution in [2.45, 2.75) is 91.1 Å². The van der Waals surface area contributed by atoms with Gasteiger partial charge in [-0.1, -0.05) is 50.6 Å². The molecule has 4 aliphatic carbocycles. The van der Waals surface area contributed by atoms with Gasteiger partial charge in [-0.2, -0.15) is 0 Å². The minimum Gasteiger partial charge on any atom is -0.459 e.